The van der Waals surface area contributed by atoms with Gasteiger partial charge in [-0.1, -0.05) is 0 Å². The Morgan fingerprint density at radius 3 is 1.53 bits per heavy atom. The molecule has 1 N–H and O–H groups in total. The van der Waals surface area contributed by atoms with Crippen LogP contribution in [0.3, 0.4) is 0 Å². The molecule has 0 saturated carbocycles. The highest BCUT2D eigenvalue weighted by Gasteiger charge is 2.34. The van der Waals surface area contributed by atoms with E-state index in [1.807, 2.05) is 0 Å². The van der Waals surface area contributed by atoms with Gasteiger partial charge in [0.2, 0.25) is 12.1 Å². The Kier molecular flexibility index (Phi) is 21.8. The van der Waals surface area contributed by atoms with Crippen LogP contribution in [0.5, 0.6) is 0 Å². The first-order valence-corrected chi connectivity index (χ1v) is 30.1. The summed E-state index contributed by atoms with van der Waals surface area (Å²) in [6, 6.07) is 14.9. The minimum Gasteiger partial charge on any atom is -0.333 e. The number of fused-ring (bicyclic) bond motifs is 5. The molecule has 13 heteroatoms. The predicted molar refractivity (Wildman–Crippen MR) is 313 cm³/mol. The summed E-state index contributed by atoms with van der Waals surface area (Å²) in [6.07, 6.45) is 20.2. The highest BCUT2D eigenvalue weighted by Crippen LogP contribution is 2.26. The zero-order chi connectivity index (χ0) is 55.7. The molecule has 0 bridgehead atoms. The van der Waals surface area contributed by atoms with E-state index in [1.54, 1.807) is 0 Å². The molecule has 5 aromatic heterocycles. The van der Waals surface area contributed by atoms with Crippen LogP contribution in [0.2, 0.25) is 0 Å². The van der Waals surface area contributed by atoms with Crippen LogP contribution in [0.4, 0.5) is 11.8 Å². The fourth-order valence-electron chi connectivity index (χ4n) is 11.8. The Morgan fingerprint density at radius 2 is 0.947 bits per heavy atom. The van der Waals surface area contributed by atoms with Gasteiger partial charge >= 0.3 is 5.95 Å². The van der Waals surface area contributed by atoms with Crippen LogP contribution in [-0.4, -0.2) is 91.8 Å². The van der Waals surface area contributed by atoms with E-state index in [0.29, 0.717) is 60.4 Å². The molecule has 0 aromatic carbocycles. The van der Waals surface area contributed by atoms with Gasteiger partial charge in [0.05, 0.1) is 56.2 Å². The molecule has 422 valence electrons. The van der Waals surface area contributed by atoms with Crippen molar-refractivity contribution in [3.8, 4) is 0 Å². The zero-order valence-corrected chi connectivity index (χ0v) is 51.9. The SMILES string of the molecule is CC(C)N1CCC[n+]2ccn(C(C)C)c21.CC(C)N1CC[n+]2ccn(C(C)C)c2C1.CC(C)N1CCc2c(ccc[n+]2C(C)C)C1.CC(C)N1CCc2c1[nH]c[n+]2C(C)C.CC(C)N1CCc2ccc[n+](C(C)C)c2C1. The molecule has 13 nitrogen and oxygen atoms in total. The lowest BCUT2D eigenvalue weighted by Crippen LogP contribution is -2.51. The first-order valence-electron chi connectivity index (χ1n) is 30.1. The first-order chi connectivity index (χ1) is 36.0. The van der Waals surface area contributed by atoms with Gasteiger partial charge in [-0.25, -0.2) is 32.4 Å². The predicted octanol–water partition coefficient (Wildman–Crippen LogP) is 9.85. The summed E-state index contributed by atoms with van der Waals surface area (Å²) in [6.45, 7) is 56.7. The summed E-state index contributed by atoms with van der Waals surface area (Å²) in [5.41, 5.74) is 7.56. The Hall–Kier alpha value is -4.59. The van der Waals surface area contributed by atoms with Gasteiger partial charge in [0.25, 0.3) is 5.82 Å². The number of pyridine rings is 2. The second kappa shape index (κ2) is 27.3. The van der Waals surface area contributed by atoms with Crippen LogP contribution < -0.4 is 32.6 Å². The van der Waals surface area contributed by atoms with Crippen molar-refractivity contribution in [1.82, 2.24) is 28.8 Å². The molecule has 5 aromatic rings. The lowest BCUT2D eigenvalue weighted by Gasteiger charge is -2.30. The monoisotopic (exact) mass is 1050 g/mol. The van der Waals surface area contributed by atoms with Gasteiger partial charge in [-0.2, -0.15) is 4.57 Å². The van der Waals surface area contributed by atoms with Gasteiger partial charge in [-0.15, -0.1) is 0 Å². The first kappa shape index (κ1) is 60.6. The normalized spacial score (nSPS) is 16.7. The molecule has 0 fully saturated rings. The van der Waals surface area contributed by atoms with Crippen LogP contribution >= 0.6 is 0 Å². The van der Waals surface area contributed by atoms with Gasteiger partial charge in [-0.3, -0.25) is 19.6 Å². The van der Waals surface area contributed by atoms with Crippen molar-refractivity contribution in [1.29, 1.82) is 0 Å². The van der Waals surface area contributed by atoms with Gasteiger partial charge < -0.3 is 4.90 Å². The van der Waals surface area contributed by atoms with Crippen molar-refractivity contribution in [3.05, 3.63) is 102 Å². The minimum absolute atomic E-state index is 0.542. The number of aryl methyl sites for hydroxylation is 1. The quantitative estimate of drug-likeness (QED) is 0.141. The van der Waals surface area contributed by atoms with E-state index in [9.17, 15) is 0 Å². The molecule has 0 radical (unpaired) electrons. The maximum atomic E-state index is 3.39. The average Bonchev–Trinajstić information content (AvgIpc) is 4.21. The molecule has 0 atom stereocenters. The fraction of sp³-hybridized carbons (Fsp3) is 0.698. The minimum atomic E-state index is 0.542. The Balaban J connectivity index is 0.000000154. The van der Waals surface area contributed by atoms with Crippen molar-refractivity contribution < 1.29 is 22.8 Å². The van der Waals surface area contributed by atoms with Gasteiger partial charge in [0.15, 0.2) is 41.6 Å². The second-order valence-electron chi connectivity index (χ2n) is 25.1. The third-order valence-corrected chi connectivity index (χ3v) is 16.5. The smallest absolute Gasteiger partial charge is 0.333 e. The topological polar surface area (TPSA) is 61.3 Å². The molecule has 0 unspecified atom stereocenters. The fourth-order valence-corrected chi connectivity index (χ4v) is 11.8. The maximum Gasteiger partial charge on any atom is 0.360 e. The second-order valence-corrected chi connectivity index (χ2v) is 25.1. The van der Waals surface area contributed by atoms with Gasteiger partial charge in [-0.05, 0) is 157 Å². The Bertz CT molecular complexity index is 2550. The molecular weight excluding hydrogens is 939 g/mol. The standard InChI is InChI=1S/2C14H23N2.2C12H22N3.C11H19N3/c1-11(2)15-9-7-14-13(10-15)6-5-8-16(14)12(3)4;1-11(2)15-9-7-13-6-5-8-16(12(3)4)14(13)10-15;1-10(2)14-6-5-13-7-8-15(11(3)4)12(13)9-14;1-10(2)14-7-5-6-13-8-9-15(11(3)4)12(13)14;1-8(2)13-6-5-10-11(13)12-7-14(10)9(3)4/h2*5-6,8,11-12H,7,9-10H2,1-4H3;7-8,10-11H,5-6,9H2,1-4H3;8-11H,5-7H2,1-4H3;7-9H,5-6H2,1-4H3/q4*+1;/p+1. The average molecular weight is 1050 g/mol. The van der Waals surface area contributed by atoms with Crippen molar-refractivity contribution in [2.24, 2.45) is 0 Å². The summed E-state index contributed by atoms with van der Waals surface area (Å²) >= 11 is 0. The summed E-state index contributed by atoms with van der Waals surface area (Å²) in [5.74, 6) is 4.16. The van der Waals surface area contributed by atoms with Crippen molar-refractivity contribution in [2.45, 2.75) is 257 Å². The van der Waals surface area contributed by atoms with Crippen molar-refractivity contribution >= 4 is 11.8 Å². The molecule has 76 heavy (non-hydrogen) atoms. The summed E-state index contributed by atoms with van der Waals surface area (Å²) in [5, 5.41) is 0. The van der Waals surface area contributed by atoms with E-state index in [-0.39, 0.29) is 0 Å². The van der Waals surface area contributed by atoms with Crippen LogP contribution in [0.1, 0.15) is 209 Å². The van der Waals surface area contributed by atoms with E-state index in [1.165, 1.54) is 97.7 Å². The highest BCUT2D eigenvalue weighted by atomic mass is 15.4. The molecule has 0 aliphatic carbocycles. The molecule has 5 aliphatic heterocycles. The molecular formula is C63H110N13+5. The highest BCUT2D eigenvalue weighted by molar-refractivity contribution is 5.47. The van der Waals surface area contributed by atoms with E-state index >= 15 is 0 Å². The zero-order valence-electron chi connectivity index (χ0n) is 51.9. The third-order valence-electron chi connectivity index (χ3n) is 16.5. The van der Waals surface area contributed by atoms with E-state index in [0.717, 1.165) is 39.3 Å². The van der Waals surface area contributed by atoms with Crippen molar-refractivity contribution in [2.75, 3.05) is 42.5 Å². The van der Waals surface area contributed by atoms with Crippen molar-refractivity contribution in [3.63, 3.8) is 0 Å². The number of hydrogen-bond acceptors (Lipinski definition) is 5. The maximum absolute atomic E-state index is 3.39. The molecule has 10 heterocycles. The van der Waals surface area contributed by atoms with Gasteiger partial charge in [0, 0.05) is 99.4 Å². The van der Waals surface area contributed by atoms with Crippen LogP contribution in [0.15, 0.2) is 67.8 Å². The lowest BCUT2D eigenvalue weighted by molar-refractivity contribution is -0.724. The van der Waals surface area contributed by atoms with Crippen LogP contribution in [0, 0.1) is 0 Å². The summed E-state index contributed by atoms with van der Waals surface area (Å²) in [4.78, 5) is 16.0. The number of hydrogen-bond donors (Lipinski definition) is 1. The number of nitrogens with zero attached hydrogens (tertiary/aromatic N) is 12. The van der Waals surface area contributed by atoms with Gasteiger partial charge in [0.1, 0.15) is 25.5 Å². The van der Waals surface area contributed by atoms with Crippen LogP contribution in [0.25, 0.3) is 0 Å². The molecule has 0 saturated heterocycles. The largest absolute Gasteiger partial charge is 0.360 e. The van der Waals surface area contributed by atoms with E-state index in [4.69, 9.17) is 0 Å². The molecule has 0 amide bonds. The number of aromatic nitrogens is 8. The summed E-state index contributed by atoms with van der Waals surface area (Å²) < 4.78 is 16.7. The lowest BCUT2D eigenvalue weighted by atomic mass is 10.0. The molecule has 10 rings (SSSR count). The number of nitrogens with one attached hydrogen (secondary N) is 1. The number of rotatable bonds is 10. The number of H-pyrrole nitrogens is 1. The molecule has 0 spiro atoms. The number of anilines is 2. The third kappa shape index (κ3) is 14.7. The number of imidazole rings is 3. The summed E-state index contributed by atoms with van der Waals surface area (Å²) in [7, 11) is 0. The van der Waals surface area contributed by atoms with E-state index < -0.39 is 0 Å². The van der Waals surface area contributed by atoms with Crippen LogP contribution in [-0.2, 0) is 52.0 Å². The van der Waals surface area contributed by atoms with E-state index in [2.05, 4.69) is 268 Å². The number of aromatic amines is 1. The molecule has 5 aliphatic rings. The Labute approximate surface area is 463 Å². The Morgan fingerprint density at radius 1 is 0.421 bits per heavy atom.